The predicted molar refractivity (Wildman–Crippen MR) is 85.6 cm³/mol. The maximum absolute atomic E-state index is 12.2. The lowest BCUT2D eigenvalue weighted by molar-refractivity contribution is -0.126. The van der Waals surface area contributed by atoms with Gasteiger partial charge in [-0.05, 0) is 31.4 Å². The second-order valence-corrected chi connectivity index (χ2v) is 5.82. The third-order valence-corrected chi connectivity index (χ3v) is 4.02. The highest BCUT2D eigenvalue weighted by atomic mass is 16.3. The smallest absolute Gasteiger partial charge is 0.227 e. The third kappa shape index (κ3) is 3.85. The van der Waals surface area contributed by atoms with E-state index in [2.05, 4.69) is 12.2 Å². The van der Waals surface area contributed by atoms with Crippen LogP contribution in [0.2, 0.25) is 0 Å². The fourth-order valence-corrected chi connectivity index (χ4v) is 2.74. The Bertz CT molecular complexity index is 542. The van der Waals surface area contributed by atoms with Crippen LogP contribution in [0.3, 0.4) is 0 Å². The summed E-state index contributed by atoms with van der Waals surface area (Å²) >= 11 is 0. The molecule has 5 nitrogen and oxygen atoms in total. The van der Waals surface area contributed by atoms with Crippen molar-refractivity contribution in [2.75, 3.05) is 18.0 Å². The quantitative estimate of drug-likeness (QED) is 0.836. The summed E-state index contributed by atoms with van der Waals surface area (Å²) in [6, 6.07) is 7.82. The summed E-state index contributed by atoms with van der Waals surface area (Å²) in [6.45, 7) is 4.61. The van der Waals surface area contributed by atoms with E-state index in [4.69, 9.17) is 0 Å². The van der Waals surface area contributed by atoms with Crippen LogP contribution in [-0.4, -0.2) is 36.1 Å². The summed E-state index contributed by atoms with van der Waals surface area (Å²) in [5.74, 6) is -0.423. The molecule has 1 heterocycles. The zero-order valence-corrected chi connectivity index (χ0v) is 13.2. The minimum atomic E-state index is -0.432. The summed E-state index contributed by atoms with van der Waals surface area (Å²) in [5, 5.41) is 12.0. The minimum Gasteiger partial charge on any atom is -0.393 e. The number of benzene rings is 1. The highest BCUT2D eigenvalue weighted by Gasteiger charge is 2.35. The second-order valence-electron chi connectivity index (χ2n) is 5.82. The molecule has 120 valence electrons. The van der Waals surface area contributed by atoms with Gasteiger partial charge in [0.25, 0.3) is 0 Å². The number of amides is 2. The van der Waals surface area contributed by atoms with Crippen molar-refractivity contribution in [3.05, 3.63) is 29.8 Å². The maximum atomic E-state index is 12.2. The molecule has 2 atom stereocenters. The van der Waals surface area contributed by atoms with Crippen molar-refractivity contribution in [3.63, 3.8) is 0 Å². The first-order valence-electron chi connectivity index (χ1n) is 7.87. The molecule has 0 spiro atoms. The van der Waals surface area contributed by atoms with Crippen LogP contribution in [0.4, 0.5) is 5.69 Å². The maximum Gasteiger partial charge on any atom is 0.227 e. The normalized spacial score (nSPS) is 19.3. The van der Waals surface area contributed by atoms with E-state index in [0.717, 1.165) is 17.7 Å². The number of anilines is 1. The van der Waals surface area contributed by atoms with Crippen LogP contribution in [0.1, 0.15) is 32.3 Å². The Morgan fingerprint density at radius 3 is 2.86 bits per heavy atom. The summed E-state index contributed by atoms with van der Waals surface area (Å²) in [5.41, 5.74) is 2.03. The number of carbonyl (C=O) groups is 2. The molecule has 0 aromatic heterocycles. The van der Waals surface area contributed by atoms with Gasteiger partial charge in [0.15, 0.2) is 0 Å². The number of nitrogens with zero attached hydrogens (tertiary/aromatic N) is 1. The predicted octanol–water partition coefficient (Wildman–Crippen LogP) is 1.49. The molecule has 2 N–H and O–H groups in total. The van der Waals surface area contributed by atoms with Crippen LogP contribution < -0.4 is 10.2 Å². The van der Waals surface area contributed by atoms with E-state index in [1.165, 1.54) is 0 Å². The molecule has 22 heavy (non-hydrogen) atoms. The van der Waals surface area contributed by atoms with Gasteiger partial charge < -0.3 is 15.3 Å². The molecule has 1 aliphatic rings. The van der Waals surface area contributed by atoms with E-state index in [-0.39, 0.29) is 24.2 Å². The van der Waals surface area contributed by atoms with Crippen molar-refractivity contribution >= 4 is 17.5 Å². The number of hydrogen-bond acceptors (Lipinski definition) is 3. The van der Waals surface area contributed by atoms with Crippen molar-refractivity contribution in [2.24, 2.45) is 5.92 Å². The van der Waals surface area contributed by atoms with Crippen LogP contribution in [0, 0.1) is 5.92 Å². The average molecular weight is 304 g/mol. The first-order chi connectivity index (χ1) is 10.5. The molecule has 1 aliphatic heterocycles. The van der Waals surface area contributed by atoms with Gasteiger partial charge in [0.05, 0.1) is 12.0 Å². The highest BCUT2D eigenvalue weighted by Crippen LogP contribution is 2.28. The van der Waals surface area contributed by atoms with Gasteiger partial charge >= 0.3 is 0 Å². The molecular formula is C17H24N2O3. The average Bonchev–Trinajstić information content (AvgIpc) is 2.88. The summed E-state index contributed by atoms with van der Waals surface area (Å²) in [4.78, 5) is 26.1. The Morgan fingerprint density at radius 1 is 1.45 bits per heavy atom. The first-order valence-corrected chi connectivity index (χ1v) is 7.87. The molecule has 5 heteroatoms. The molecule has 1 fully saturated rings. The van der Waals surface area contributed by atoms with Crippen molar-refractivity contribution in [3.8, 4) is 0 Å². The Labute approximate surface area is 131 Å². The van der Waals surface area contributed by atoms with E-state index in [1.807, 2.05) is 24.3 Å². The van der Waals surface area contributed by atoms with Gasteiger partial charge in [0.2, 0.25) is 11.8 Å². The van der Waals surface area contributed by atoms with Crippen molar-refractivity contribution in [2.45, 2.75) is 39.2 Å². The van der Waals surface area contributed by atoms with E-state index in [0.29, 0.717) is 19.5 Å². The van der Waals surface area contributed by atoms with Crippen LogP contribution >= 0.6 is 0 Å². The van der Waals surface area contributed by atoms with Gasteiger partial charge in [0.1, 0.15) is 0 Å². The number of para-hydroxylation sites is 1. The van der Waals surface area contributed by atoms with E-state index in [1.54, 1.807) is 11.8 Å². The van der Waals surface area contributed by atoms with Crippen molar-refractivity contribution in [1.82, 2.24) is 5.32 Å². The van der Waals surface area contributed by atoms with E-state index >= 15 is 0 Å². The number of carbonyl (C=O) groups excluding carboxylic acids is 2. The lowest BCUT2D eigenvalue weighted by Gasteiger charge is -2.20. The highest BCUT2D eigenvalue weighted by molar-refractivity contribution is 6.00. The molecule has 1 aromatic carbocycles. The van der Waals surface area contributed by atoms with Gasteiger partial charge in [-0.3, -0.25) is 9.59 Å². The Kier molecular flexibility index (Phi) is 5.55. The van der Waals surface area contributed by atoms with Crippen LogP contribution in [0.15, 0.2) is 24.3 Å². The number of rotatable bonds is 6. The number of aliphatic hydroxyl groups is 1. The first kappa shape index (κ1) is 16.5. The zero-order valence-electron chi connectivity index (χ0n) is 13.2. The topological polar surface area (TPSA) is 69.6 Å². The molecule has 1 aromatic rings. The molecule has 0 saturated carbocycles. The summed E-state index contributed by atoms with van der Waals surface area (Å²) < 4.78 is 0. The van der Waals surface area contributed by atoms with Gasteiger partial charge in [-0.1, -0.05) is 25.1 Å². The van der Waals surface area contributed by atoms with Crippen LogP contribution in [-0.2, 0) is 16.0 Å². The van der Waals surface area contributed by atoms with Crippen LogP contribution in [0.5, 0.6) is 0 Å². The Hall–Kier alpha value is -1.88. The molecular weight excluding hydrogens is 280 g/mol. The standard InChI is InChI=1S/C17H24N2O3/c1-3-13-6-4-5-7-15(13)19-11-14(10-16(19)21)17(22)18-9-8-12(2)20/h4-7,12,14,20H,3,8-11H2,1-2H3,(H,18,22)/t12-,14-/m1/s1. The largest absolute Gasteiger partial charge is 0.393 e. The lowest BCUT2D eigenvalue weighted by atomic mass is 10.1. The number of nitrogens with one attached hydrogen (secondary N) is 1. The van der Waals surface area contributed by atoms with E-state index < -0.39 is 6.10 Å². The number of aliphatic hydroxyl groups excluding tert-OH is 1. The van der Waals surface area contributed by atoms with Gasteiger partial charge in [-0.15, -0.1) is 0 Å². The molecule has 0 aliphatic carbocycles. The monoisotopic (exact) mass is 304 g/mol. The number of hydrogen-bond donors (Lipinski definition) is 2. The zero-order chi connectivity index (χ0) is 16.1. The third-order valence-electron chi connectivity index (χ3n) is 4.02. The van der Waals surface area contributed by atoms with Crippen LogP contribution in [0.25, 0.3) is 0 Å². The molecule has 0 bridgehead atoms. The Balaban J connectivity index is 2.00. The molecule has 1 saturated heterocycles. The summed E-state index contributed by atoms with van der Waals surface area (Å²) in [7, 11) is 0. The molecule has 0 unspecified atom stereocenters. The van der Waals surface area contributed by atoms with E-state index in [9.17, 15) is 14.7 Å². The van der Waals surface area contributed by atoms with Gasteiger partial charge in [-0.25, -0.2) is 0 Å². The molecule has 2 rings (SSSR count). The Morgan fingerprint density at radius 2 is 2.18 bits per heavy atom. The van der Waals surface area contributed by atoms with Crippen molar-refractivity contribution < 1.29 is 14.7 Å². The molecule has 2 amide bonds. The fourth-order valence-electron chi connectivity index (χ4n) is 2.74. The minimum absolute atomic E-state index is 0.00317. The fraction of sp³-hybridized carbons (Fsp3) is 0.529. The second kappa shape index (κ2) is 7.40. The molecule has 0 radical (unpaired) electrons. The van der Waals surface area contributed by atoms with Crippen molar-refractivity contribution in [1.29, 1.82) is 0 Å². The number of aryl methyl sites for hydroxylation is 1. The SMILES string of the molecule is CCc1ccccc1N1C[C@H](C(=O)NCC[C@@H](C)O)CC1=O. The van der Waals surface area contributed by atoms with Gasteiger partial charge in [0, 0.05) is 25.2 Å². The summed E-state index contributed by atoms with van der Waals surface area (Å²) in [6.07, 6.45) is 1.19. The van der Waals surface area contributed by atoms with Gasteiger partial charge in [-0.2, -0.15) is 0 Å². The lowest BCUT2D eigenvalue weighted by Crippen LogP contribution is -2.34.